The molecule has 116 valence electrons. The zero-order valence-electron chi connectivity index (χ0n) is 11.6. The molecule has 4 atom stereocenters. The molecule has 2 aliphatic rings. The van der Waals surface area contributed by atoms with Crippen molar-refractivity contribution in [3.63, 3.8) is 0 Å². The monoisotopic (exact) mass is 304 g/mol. The van der Waals surface area contributed by atoms with Crippen molar-refractivity contribution in [3.8, 4) is 5.75 Å². The summed E-state index contributed by atoms with van der Waals surface area (Å²) in [6.07, 6.45) is 2.84. The molecule has 3 N–H and O–H groups in total. The molecule has 0 bridgehead atoms. The van der Waals surface area contributed by atoms with Crippen LogP contribution in [-0.4, -0.2) is 40.3 Å². The van der Waals surface area contributed by atoms with Gasteiger partial charge in [-0.1, -0.05) is 6.08 Å². The summed E-state index contributed by atoms with van der Waals surface area (Å²) in [5, 5.41) is 29.0. The summed E-state index contributed by atoms with van der Waals surface area (Å²) in [7, 11) is 0. The second kappa shape index (κ2) is 5.82. The Morgan fingerprint density at radius 2 is 1.95 bits per heavy atom. The number of hydrogen-bond donors (Lipinski definition) is 3. The van der Waals surface area contributed by atoms with E-state index < -0.39 is 24.3 Å². The first-order valence-corrected chi connectivity index (χ1v) is 6.91. The number of fused-ring (bicyclic) bond motifs is 1. The van der Waals surface area contributed by atoms with Crippen LogP contribution in [0.25, 0.3) is 0 Å². The van der Waals surface area contributed by atoms with Crippen LogP contribution in [0.4, 0.5) is 0 Å². The van der Waals surface area contributed by atoms with Crippen LogP contribution in [0, 0.1) is 11.8 Å². The first-order chi connectivity index (χ1) is 10.6. The highest BCUT2D eigenvalue weighted by Crippen LogP contribution is 2.38. The van der Waals surface area contributed by atoms with E-state index in [4.69, 9.17) is 9.47 Å². The smallest absolute Gasteiger partial charge is 0.338 e. The lowest BCUT2D eigenvalue weighted by atomic mass is 9.88. The van der Waals surface area contributed by atoms with Gasteiger partial charge in [0.2, 0.25) is 6.29 Å². The predicted octanol–water partition coefficient (Wildman–Crippen LogP) is 0.945. The van der Waals surface area contributed by atoms with Crippen LogP contribution in [0.1, 0.15) is 10.4 Å². The third kappa shape index (κ3) is 2.70. The lowest BCUT2D eigenvalue weighted by Gasteiger charge is -2.29. The van der Waals surface area contributed by atoms with Crippen molar-refractivity contribution in [1.29, 1.82) is 0 Å². The highest BCUT2D eigenvalue weighted by Gasteiger charge is 2.42. The maximum absolute atomic E-state index is 11.9. The van der Waals surface area contributed by atoms with Gasteiger partial charge in [0.05, 0.1) is 23.8 Å². The van der Waals surface area contributed by atoms with Gasteiger partial charge in [-0.05, 0) is 35.9 Å². The molecule has 6 nitrogen and oxygen atoms in total. The maximum Gasteiger partial charge on any atom is 0.338 e. The third-order valence-corrected chi connectivity index (χ3v) is 3.92. The normalized spacial score (nSPS) is 29.5. The van der Waals surface area contributed by atoms with E-state index in [2.05, 4.69) is 0 Å². The minimum absolute atomic E-state index is 0.0355. The summed E-state index contributed by atoms with van der Waals surface area (Å²) in [4.78, 5) is 11.9. The van der Waals surface area contributed by atoms with E-state index in [-0.39, 0.29) is 18.3 Å². The van der Waals surface area contributed by atoms with E-state index in [1.54, 1.807) is 12.2 Å². The van der Waals surface area contributed by atoms with Gasteiger partial charge in [-0.15, -0.1) is 0 Å². The molecule has 1 heterocycles. The van der Waals surface area contributed by atoms with Crippen LogP contribution >= 0.6 is 0 Å². The summed E-state index contributed by atoms with van der Waals surface area (Å²) >= 11 is 0. The lowest BCUT2D eigenvalue weighted by molar-refractivity contribution is -0.109. The minimum atomic E-state index is -1.06. The number of aliphatic hydroxyl groups is 2. The van der Waals surface area contributed by atoms with Gasteiger partial charge in [-0.3, -0.25) is 0 Å². The average Bonchev–Trinajstić information content (AvgIpc) is 2.83. The Morgan fingerprint density at radius 3 is 2.68 bits per heavy atom. The molecule has 1 aliphatic carbocycles. The van der Waals surface area contributed by atoms with E-state index in [0.29, 0.717) is 11.1 Å². The van der Waals surface area contributed by atoms with Crippen LogP contribution in [0.2, 0.25) is 0 Å². The molecule has 0 saturated heterocycles. The molecule has 3 rings (SSSR count). The van der Waals surface area contributed by atoms with E-state index in [9.17, 15) is 20.1 Å². The number of ether oxygens (including phenoxy) is 2. The lowest BCUT2D eigenvalue weighted by Crippen LogP contribution is -2.34. The highest BCUT2D eigenvalue weighted by molar-refractivity contribution is 5.89. The van der Waals surface area contributed by atoms with Crippen molar-refractivity contribution in [2.45, 2.75) is 12.4 Å². The molecule has 1 unspecified atom stereocenters. The molecule has 0 saturated carbocycles. The summed E-state index contributed by atoms with van der Waals surface area (Å²) < 4.78 is 10.2. The molecule has 22 heavy (non-hydrogen) atoms. The van der Waals surface area contributed by atoms with Crippen molar-refractivity contribution in [2.75, 3.05) is 6.61 Å². The Bertz CT molecular complexity index is 618. The molecule has 0 aromatic heterocycles. The molecule has 6 heteroatoms. The van der Waals surface area contributed by atoms with Gasteiger partial charge >= 0.3 is 5.97 Å². The van der Waals surface area contributed by atoms with E-state index in [1.807, 2.05) is 0 Å². The number of phenols is 1. The Hall–Kier alpha value is -2.31. The van der Waals surface area contributed by atoms with Gasteiger partial charge in [-0.2, -0.15) is 0 Å². The third-order valence-electron chi connectivity index (χ3n) is 3.92. The van der Waals surface area contributed by atoms with Crippen LogP contribution in [0.5, 0.6) is 5.75 Å². The fourth-order valence-electron chi connectivity index (χ4n) is 2.78. The Kier molecular flexibility index (Phi) is 3.87. The molecule has 1 aromatic rings. The number of esters is 1. The van der Waals surface area contributed by atoms with Crippen molar-refractivity contribution in [2.24, 2.45) is 11.8 Å². The van der Waals surface area contributed by atoms with Crippen LogP contribution in [0.15, 0.2) is 48.3 Å². The number of carbonyl (C=O) groups excluding carboxylic acids is 1. The number of aromatic hydroxyl groups is 1. The van der Waals surface area contributed by atoms with E-state index >= 15 is 0 Å². The molecular formula is C16H16O6. The number of carbonyl (C=O) groups is 1. The van der Waals surface area contributed by atoms with Gasteiger partial charge in [0.1, 0.15) is 12.4 Å². The molecule has 1 aromatic carbocycles. The second-order valence-corrected chi connectivity index (χ2v) is 5.31. The molecular weight excluding hydrogens is 288 g/mol. The largest absolute Gasteiger partial charge is 0.508 e. The summed E-state index contributed by atoms with van der Waals surface area (Å²) in [5.41, 5.74) is 0.940. The fraction of sp³-hybridized carbons (Fsp3) is 0.312. The summed E-state index contributed by atoms with van der Waals surface area (Å²) in [6, 6.07) is 5.71. The van der Waals surface area contributed by atoms with Crippen molar-refractivity contribution < 1.29 is 29.6 Å². The predicted molar refractivity (Wildman–Crippen MR) is 75.7 cm³/mol. The molecule has 1 aliphatic heterocycles. The topological polar surface area (TPSA) is 96.2 Å². The Morgan fingerprint density at radius 1 is 1.23 bits per heavy atom. The number of aliphatic hydroxyl groups excluding tert-OH is 2. The zero-order chi connectivity index (χ0) is 15.7. The van der Waals surface area contributed by atoms with Gasteiger partial charge in [0, 0.05) is 5.92 Å². The van der Waals surface area contributed by atoms with Crippen molar-refractivity contribution >= 4 is 5.97 Å². The number of benzene rings is 1. The van der Waals surface area contributed by atoms with Gasteiger partial charge in [0.25, 0.3) is 0 Å². The van der Waals surface area contributed by atoms with Crippen LogP contribution < -0.4 is 0 Å². The summed E-state index contributed by atoms with van der Waals surface area (Å²) in [5.74, 6) is -1.17. The molecule has 0 fully saturated rings. The molecule has 0 spiro atoms. The standard InChI is InChI=1S/C16H16O6/c17-11-3-1-9(2-4-11)15(19)22-8-10-7-13(18)12-5-6-21-16(20)14(10)12/h1-7,12-14,16-18,20H,8H2/t12-,13+,14+,16?/m0/s1. The van der Waals surface area contributed by atoms with Gasteiger partial charge in [-0.25, -0.2) is 4.79 Å². The second-order valence-electron chi connectivity index (χ2n) is 5.31. The van der Waals surface area contributed by atoms with Gasteiger partial charge in [0.15, 0.2) is 0 Å². The van der Waals surface area contributed by atoms with Crippen molar-refractivity contribution in [1.82, 2.24) is 0 Å². The SMILES string of the molecule is O=C(OCC1=C[C@@H](O)[C@@H]2C=COC(O)[C@H]12)c1ccc(O)cc1. The maximum atomic E-state index is 11.9. The fourth-order valence-corrected chi connectivity index (χ4v) is 2.78. The van der Waals surface area contributed by atoms with Crippen LogP contribution in [0.3, 0.4) is 0 Å². The highest BCUT2D eigenvalue weighted by atomic mass is 16.6. The van der Waals surface area contributed by atoms with Gasteiger partial charge < -0.3 is 24.8 Å². The van der Waals surface area contributed by atoms with Crippen LogP contribution in [-0.2, 0) is 9.47 Å². The number of phenolic OH excluding ortho intramolecular Hbond substituents is 1. The van der Waals surface area contributed by atoms with E-state index in [1.165, 1.54) is 30.5 Å². The van der Waals surface area contributed by atoms with Crippen molar-refractivity contribution in [3.05, 3.63) is 53.8 Å². The average molecular weight is 304 g/mol. The molecule has 0 amide bonds. The minimum Gasteiger partial charge on any atom is -0.508 e. The Balaban J connectivity index is 1.66. The summed E-state index contributed by atoms with van der Waals surface area (Å²) in [6.45, 7) is -0.0355. The first-order valence-electron chi connectivity index (χ1n) is 6.91. The zero-order valence-corrected chi connectivity index (χ0v) is 11.6. The first kappa shape index (κ1) is 14.6. The quantitative estimate of drug-likeness (QED) is 0.568. The number of rotatable bonds is 3. The van der Waals surface area contributed by atoms with E-state index in [0.717, 1.165) is 0 Å². The Labute approximate surface area is 126 Å². The molecule has 0 radical (unpaired) electrons. The number of hydrogen-bond acceptors (Lipinski definition) is 6.